The molecule has 1 rings (SSSR count). The smallest absolute Gasteiger partial charge is 0.319 e. The SMILES string of the molecule is CC[C@](C)(O)CNC(=O)Nc1ccccc1. The molecule has 3 N–H and O–H groups in total. The summed E-state index contributed by atoms with van der Waals surface area (Å²) >= 11 is 0. The predicted octanol–water partition coefficient (Wildman–Crippen LogP) is 1.97. The lowest BCUT2D eigenvalue weighted by Gasteiger charge is -2.21. The zero-order valence-electron chi connectivity index (χ0n) is 9.66. The molecule has 0 aliphatic heterocycles. The van der Waals surface area contributed by atoms with Gasteiger partial charge in [-0.15, -0.1) is 0 Å². The van der Waals surface area contributed by atoms with E-state index in [0.29, 0.717) is 6.42 Å². The highest BCUT2D eigenvalue weighted by molar-refractivity contribution is 5.89. The van der Waals surface area contributed by atoms with Crippen LogP contribution >= 0.6 is 0 Å². The van der Waals surface area contributed by atoms with E-state index < -0.39 is 5.60 Å². The summed E-state index contributed by atoms with van der Waals surface area (Å²) in [6.07, 6.45) is 0.596. The van der Waals surface area contributed by atoms with Gasteiger partial charge in [0, 0.05) is 12.2 Å². The maximum Gasteiger partial charge on any atom is 0.319 e. The van der Waals surface area contributed by atoms with Crippen molar-refractivity contribution in [3.8, 4) is 0 Å². The van der Waals surface area contributed by atoms with Crippen molar-refractivity contribution in [3.05, 3.63) is 30.3 Å². The van der Waals surface area contributed by atoms with Gasteiger partial charge in [-0.25, -0.2) is 4.79 Å². The van der Waals surface area contributed by atoms with Gasteiger partial charge in [0.15, 0.2) is 0 Å². The highest BCUT2D eigenvalue weighted by Gasteiger charge is 2.18. The summed E-state index contributed by atoms with van der Waals surface area (Å²) in [5.41, 5.74) is -0.121. The maximum absolute atomic E-state index is 11.4. The molecule has 0 bridgehead atoms. The molecule has 1 aromatic carbocycles. The minimum Gasteiger partial charge on any atom is -0.388 e. The fourth-order valence-corrected chi connectivity index (χ4v) is 1.09. The van der Waals surface area contributed by atoms with Crippen molar-refractivity contribution in [1.29, 1.82) is 0 Å². The van der Waals surface area contributed by atoms with E-state index in [0.717, 1.165) is 5.69 Å². The second-order valence-electron chi connectivity index (χ2n) is 4.02. The molecule has 0 spiro atoms. The van der Waals surface area contributed by atoms with Crippen LogP contribution in [-0.4, -0.2) is 23.3 Å². The molecule has 0 saturated heterocycles. The van der Waals surface area contributed by atoms with Gasteiger partial charge in [0.25, 0.3) is 0 Å². The number of carbonyl (C=O) groups is 1. The number of hydrogen-bond acceptors (Lipinski definition) is 2. The molecule has 0 fully saturated rings. The Hall–Kier alpha value is -1.55. The average molecular weight is 222 g/mol. The first-order valence-corrected chi connectivity index (χ1v) is 5.36. The van der Waals surface area contributed by atoms with Crippen molar-refractivity contribution >= 4 is 11.7 Å². The molecule has 0 heterocycles. The van der Waals surface area contributed by atoms with E-state index in [4.69, 9.17) is 0 Å². The van der Waals surface area contributed by atoms with Crippen LogP contribution in [0.1, 0.15) is 20.3 Å². The number of hydrogen-bond donors (Lipinski definition) is 3. The van der Waals surface area contributed by atoms with Gasteiger partial charge < -0.3 is 15.7 Å². The van der Waals surface area contributed by atoms with E-state index >= 15 is 0 Å². The fourth-order valence-electron chi connectivity index (χ4n) is 1.09. The van der Waals surface area contributed by atoms with Crippen molar-refractivity contribution in [2.24, 2.45) is 0 Å². The lowest BCUT2D eigenvalue weighted by atomic mass is 10.0. The number of amides is 2. The summed E-state index contributed by atoms with van der Waals surface area (Å²) in [4.78, 5) is 11.4. The van der Waals surface area contributed by atoms with Gasteiger partial charge in [0.2, 0.25) is 0 Å². The van der Waals surface area contributed by atoms with Crippen molar-refractivity contribution in [1.82, 2.24) is 5.32 Å². The van der Waals surface area contributed by atoms with Crippen LogP contribution in [0.5, 0.6) is 0 Å². The second-order valence-corrected chi connectivity index (χ2v) is 4.02. The zero-order valence-corrected chi connectivity index (χ0v) is 9.66. The Kier molecular flexibility index (Phi) is 4.31. The summed E-state index contributed by atoms with van der Waals surface area (Å²) in [6.45, 7) is 3.80. The monoisotopic (exact) mass is 222 g/mol. The molecule has 0 saturated carbocycles. The van der Waals surface area contributed by atoms with Gasteiger partial charge in [0.1, 0.15) is 0 Å². The summed E-state index contributed by atoms with van der Waals surface area (Å²) in [5.74, 6) is 0. The first kappa shape index (κ1) is 12.5. The summed E-state index contributed by atoms with van der Waals surface area (Å²) in [7, 11) is 0. The number of benzene rings is 1. The second kappa shape index (κ2) is 5.51. The van der Waals surface area contributed by atoms with Crippen molar-refractivity contribution in [3.63, 3.8) is 0 Å². The first-order chi connectivity index (χ1) is 7.53. The Morgan fingerprint density at radius 3 is 2.56 bits per heavy atom. The molecule has 0 aliphatic carbocycles. The van der Waals surface area contributed by atoms with Crippen LogP contribution in [-0.2, 0) is 0 Å². The Balaban J connectivity index is 2.38. The Morgan fingerprint density at radius 2 is 2.00 bits per heavy atom. The number of aliphatic hydroxyl groups is 1. The Bertz CT molecular complexity index is 336. The zero-order chi connectivity index (χ0) is 12.0. The number of nitrogens with one attached hydrogen (secondary N) is 2. The highest BCUT2D eigenvalue weighted by Crippen LogP contribution is 2.07. The Morgan fingerprint density at radius 1 is 1.38 bits per heavy atom. The Labute approximate surface area is 95.7 Å². The van der Waals surface area contributed by atoms with Crippen molar-refractivity contribution in [2.45, 2.75) is 25.9 Å². The predicted molar refractivity (Wildman–Crippen MR) is 64.4 cm³/mol. The van der Waals surface area contributed by atoms with Gasteiger partial charge in [0.05, 0.1) is 5.60 Å². The third-order valence-corrected chi connectivity index (χ3v) is 2.42. The normalized spacial score (nSPS) is 13.9. The number of urea groups is 1. The third-order valence-electron chi connectivity index (χ3n) is 2.42. The maximum atomic E-state index is 11.4. The molecule has 0 unspecified atom stereocenters. The van der Waals surface area contributed by atoms with Crippen molar-refractivity contribution in [2.75, 3.05) is 11.9 Å². The van der Waals surface area contributed by atoms with E-state index in [1.165, 1.54) is 0 Å². The van der Waals surface area contributed by atoms with Crippen LogP contribution in [0.25, 0.3) is 0 Å². The fraction of sp³-hybridized carbons (Fsp3) is 0.417. The molecular weight excluding hydrogens is 204 g/mol. The molecule has 0 aliphatic rings. The minimum atomic E-state index is -0.853. The lowest BCUT2D eigenvalue weighted by Crippen LogP contribution is -2.41. The summed E-state index contributed by atoms with van der Waals surface area (Å²) < 4.78 is 0. The highest BCUT2D eigenvalue weighted by atomic mass is 16.3. The minimum absolute atomic E-state index is 0.238. The molecule has 1 atom stereocenters. The topological polar surface area (TPSA) is 61.4 Å². The first-order valence-electron chi connectivity index (χ1n) is 5.36. The lowest BCUT2D eigenvalue weighted by molar-refractivity contribution is 0.0587. The molecule has 4 nitrogen and oxygen atoms in total. The summed E-state index contributed by atoms with van der Waals surface area (Å²) in [6, 6.07) is 8.87. The quantitative estimate of drug-likeness (QED) is 0.729. The molecule has 16 heavy (non-hydrogen) atoms. The van der Waals surface area contributed by atoms with Gasteiger partial charge in [-0.2, -0.15) is 0 Å². The van der Waals surface area contributed by atoms with Gasteiger partial charge in [-0.3, -0.25) is 0 Å². The van der Waals surface area contributed by atoms with Gasteiger partial charge >= 0.3 is 6.03 Å². The molecular formula is C12H18N2O2. The van der Waals surface area contributed by atoms with Crippen LogP contribution in [0.15, 0.2) is 30.3 Å². The third kappa shape index (κ3) is 4.31. The number of para-hydroxylation sites is 1. The average Bonchev–Trinajstić information content (AvgIpc) is 2.28. The standard InChI is InChI=1S/C12H18N2O2/c1-3-12(2,16)9-13-11(15)14-10-7-5-4-6-8-10/h4-8,16H,3,9H2,1-2H3,(H2,13,14,15)/t12-/m0/s1. The van der Waals surface area contributed by atoms with Crippen LogP contribution in [0.3, 0.4) is 0 Å². The molecule has 0 aromatic heterocycles. The van der Waals surface area contributed by atoms with Gasteiger partial charge in [-0.1, -0.05) is 25.1 Å². The largest absolute Gasteiger partial charge is 0.388 e. The van der Waals surface area contributed by atoms with E-state index in [1.807, 2.05) is 25.1 Å². The van der Waals surface area contributed by atoms with Crippen LogP contribution < -0.4 is 10.6 Å². The van der Waals surface area contributed by atoms with E-state index in [9.17, 15) is 9.90 Å². The molecule has 4 heteroatoms. The van der Waals surface area contributed by atoms with E-state index in [2.05, 4.69) is 10.6 Å². The molecule has 0 radical (unpaired) electrons. The van der Waals surface area contributed by atoms with Crippen LogP contribution in [0.4, 0.5) is 10.5 Å². The van der Waals surface area contributed by atoms with Gasteiger partial charge in [-0.05, 0) is 25.5 Å². The number of anilines is 1. The molecule has 88 valence electrons. The van der Waals surface area contributed by atoms with Crippen molar-refractivity contribution < 1.29 is 9.90 Å². The van der Waals surface area contributed by atoms with Crippen LogP contribution in [0.2, 0.25) is 0 Å². The van der Waals surface area contributed by atoms with E-state index in [-0.39, 0.29) is 12.6 Å². The summed E-state index contributed by atoms with van der Waals surface area (Å²) in [5, 5.41) is 15.0. The molecule has 1 aromatic rings. The molecule has 2 amide bonds. The number of rotatable bonds is 4. The number of carbonyl (C=O) groups excluding carboxylic acids is 1. The van der Waals surface area contributed by atoms with E-state index in [1.54, 1.807) is 19.1 Å². The van der Waals surface area contributed by atoms with Crippen LogP contribution in [0, 0.1) is 0 Å².